The highest BCUT2D eigenvalue weighted by atomic mass is 16.2. The molecule has 5 nitrogen and oxygen atoms in total. The highest BCUT2D eigenvalue weighted by Gasteiger charge is 2.25. The van der Waals surface area contributed by atoms with Gasteiger partial charge in [0.1, 0.15) is 0 Å². The molecule has 3 amide bonds. The van der Waals surface area contributed by atoms with Gasteiger partial charge in [0.05, 0.1) is 6.04 Å². The van der Waals surface area contributed by atoms with Crippen LogP contribution in [-0.4, -0.2) is 18.5 Å². The number of nitrogens with one attached hydrogen (secondary N) is 2. The smallest absolute Gasteiger partial charge is 0.319 e. The second-order valence-electron chi connectivity index (χ2n) is 7.59. The number of para-hydroxylation sites is 1. The van der Waals surface area contributed by atoms with E-state index in [1.807, 2.05) is 56.3 Å². The van der Waals surface area contributed by atoms with Crippen molar-refractivity contribution in [2.24, 2.45) is 0 Å². The minimum absolute atomic E-state index is 0.0581. The van der Waals surface area contributed by atoms with Gasteiger partial charge in [-0.05, 0) is 61.2 Å². The Hall–Kier alpha value is -3.60. The molecule has 0 aliphatic carbocycles. The maximum absolute atomic E-state index is 13.0. The number of amides is 3. The van der Waals surface area contributed by atoms with Crippen LogP contribution in [-0.2, 0) is 6.42 Å². The topological polar surface area (TPSA) is 61.4 Å². The summed E-state index contributed by atoms with van der Waals surface area (Å²) in [4.78, 5) is 27.3. The Bertz CT molecular complexity index is 1090. The Balaban J connectivity index is 1.44. The van der Waals surface area contributed by atoms with Crippen LogP contribution in [0.3, 0.4) is 0 Å². The Labute approximate surface area is 176 Å². The summed E-state index contributed by atoms with van der Waals surface area (Å²) in [5, 5.41) is 5.80. The molecule has 0 fully saturated rings. The molecule has 1 aliphatic rings. The van der Waals surface area contributed by atoms with Crippen LogP contribution in [0.25, 0.3) is 0 Å². The van der Waals surface area contributed by atoms with Gasteiger partial charge in [-0.15, -0.1) is 0 Å². The molecule has 0 saturated heterocycles. The molecule has 3 aromatic rings. The molecule has 4 rings (SSSR count). The highest BCUT2D eigenvalue weighted by Crippen LogP contribution is 2.29. The highest BCUT2D eigenvalue weighted by molar-refractivity contribution is 6.08. The van der Waals surface area contributed by atoms with E-state index in [-0.39, 0.29) is 18.0 Å². The van der Waals surface area contributed by atoms with Gasteiger partial charge in [0.2, 0.25) is 0 Å². The zero-order valence-electron chi connectivity index (χ0n) is 17.2. The molecule has 0 aromatic heterocycles. The molecule has 30 heavy (non-hydrogen) atoms. The monoisotopic (exact) mass is 399 g/mol. The van der Waals surface area contributed by atoms with Crippen molar-refractivity contribution in [2.45, 2.75) is 26.3 Å². The largest absolute Gasteiger partial charge is 0.331 e. The number of carbonyl (C=O) groups excluding carboxylic acids is 2. The summed E-state index contributed by atoms with van der Waals surface area (Å²) >= 11 is 0. The van der Waals surface area contributed by atoms with Crippen molar-refractivity contribution in [3.05, 3.63) is 95.1 Å². The van der Waals surface area contributed by atoms with Crippen LogP contribution in [0, 0.1) is 6.92 Å². The van der Waals surface area contributed by atoms with Crippen LogP contribution in [0.4, 0.5) is 16.2 Å². The summed E-state index contributed by atoms with van der Waals surface area (Å²) in [6, 6.07) is 22.6. The summed E-state index contributed by atoms with van der Waals surface area (Å²) in [7, 11) is 0. The summed E-state index contributed by atoms with van der Waals surface area (Å²) in [6.07, 6.45) is 0.860. The molecule has 1 atom stereocenters. The van der Waals surface area contributed by atoms with Gasteiger partial charge in [0.15, 0.2) is 0 Å². The molecule has 0 radical (unpaired) electrons. The van der Waals surface area contributed by atoms with Crippen LogP contribution < -0.4 is 15.5 Å². The maximum Gasteiger partial charge on any atom is 0.319 e. The van der Waals surface area contributed by atoms with Crippen molar-refractivity contribution in [1.29, 1.82) is 0 Å². The maximum atomic E-state index is 13.0. The third kappa shape index (κ3) is 4.06. The lowest BCUT2D eigenvalue weighted by atomic mass is 10.0. The lowest BCUT2D eigenvalue weighted by Crippen LogP contribution is -2.32. The molecule has 0 bridgehead atoms. The first-order valence-corrected chi connectivity index (χ1v) is 10.2. The number of aryl methyl sites for hydroxylation is 1. The number of nitrogens with zero attached hydrogens (tertiary/aromatic N) is 1. The number of rotatable bonds is 4. The molecule has 1 unspecified atom stereocenters. The minimum Gasteiger partial charge on any atom is -0.331 e. The number of hydrogen-bond donors (Lipinski definition) is 2. The Morgan fingerprint density at radius 1 is 0.967 bits per heavy atom. The van der Waals surface area contributed by atoms with E-state index in [4.69, 9.17) is 0 Å². The Kier molecular flexibility index (Phi) is 5.53. The van der Waals surface area contributed by atoms with E-state index in [0.29, 0.717) is 17.8 Å². The number of benzene rings is 3. The quantitative estimate of drug-likeness (QED) is 0.643. The van der Waals surface area contributed by atoms with Crippen LogP contribution in [0.2, 0.25) is 0 Å². The molecule has 152 valence electrons. The fraction of sp³-hybridized carbons (Fsp3) is 0.200. The lowest BCUT2D eigenvalue weighted by Gasteiger charge is -2.19. The average Bonchev–Trinajstić information content (AvgIpc) is 3.17. The summed E-state index contributed by atoms with van der Waals surface area (Å²) in [5.41, 5.74) is 5.49. The fourth-order valence-electron chi connectivity index (χ4n) is 3.95. The zero-order valence-corrected chi connectivity index (χ0v) is 17.2. The molecule has 1 aliphatic heterocycles. The van der Waals surface area contributed by atoms with Gasteiger partial charge >= 0.3 is 6.03 Å². The second kappa shape index (κ2) is 8.41. The van der Waals surface area contributed by atoms with E-state index in [2.05, 4.69) is 16.7 Å². The van der Waals surface area contributed by atoms with Gasteiger partial charge < -0.3 is 15.5 Å². The number of fused-ring (bicyclic) bond motifs is 1. The first-order valence-electron chi connectivity index (χ1n) is 10.2. The van der Waals surface area contributed by atoms with Crippen LogP contribution in [0.15, 0.2) is 72.8 Å². The van der Waals surface area contributed by atoms with Gasteiger partial charge in [0, 0.05) is 23.5 Å². The van der Waals surface area contributed by atoms with E-state index < -0.39 is 0 Å². The van der Waals surface area contributed by atoms with E-state index in [0.717, 1.165) is 23.2 Å². The van der Waals surface area contributed by atoms with E-state index >= 15 is 0 Å². The minimum atomic E-state index is -0.304. The van der Waals surface area contributed by atoms with Crippen LogP contribution in [0.5, 0.6) is 0 Å². The Morgan fingerprint density at radius 2 is 1.73 bits per heavy atom. The fourth-order valence-corrected chi connectivity index (χ4v) is 3.95. The van der Waals surface area contributed by atoms with E-state index in [1.165, 1.54) is 5.56 Å². The molecule has 3 aromatic carbocycles. The van der Waals surface area contributed by atoms with Gasteiger partial charge in [-0.1, -0.05) is 48.5 Å². The van der Waals surface area contributed by atoms with Crippen molar-refractivity contribution in [3.8, 4) is 0 Å². The standard InChI is InChI=1S/C25H25N3O2/c1-17-8-3-5-12-22(17)18(2)26-25(30)27-21-11-7-10-20(16-21)24(29)28-15-14-19-9-4-6-13-23(19)28/h3-13,16,18H,14-15H2,1-2H3,(H2,26,27,30). The SMILES string of the molecule is Cc1ccccc1C(C)NC(=O)Nc1cccc(C(=O)N2CCc3ccccc32)c1. The normalized spacial score (nSPS) is 13.5. The van der Waals surface area contributed by atoms with Crippen molar-refractivity contribution >= 4 is 23.3 Å². The lowest BCUT2D eigenvalue weighted by molar-refractivity contribution is 0.0989. The van der Waals surface area contributed by atoms with Crippen molar-refractivity contribution < 1.29 is 9.59 Å². The molecular weight excluding hydrogens is 374 g/mol. The molecule has 0 spiro atoms. The van der Waals surface area contributed by atoms with Crippen LogP contribution in [0.1, 0.15) is 40.0 Å². The molecule has 1 heterocycles. The summed E-state index contributed by atoms with van der Waals surface area (Å²) < 4.78 is 0. The van der Waals surface area contributed by atoms with E-state index in [9.17, 15) is 9.59 Å². The molecule has 2 N–H and O–H groups in total. The third-order valence-corrected chi connectivity index (χ3v) is 5.50. The first-order chi connectivity index (χ1) is 14.5. The van der Waals surface area contributed by atoms with Gasteiger partial charge in [0.25, 0.3) is 5.91 Å². The van der Waals surface area contributed by atoms with Gasteiger partial charge in [-0.2, -0.15) is 0 Å². The first kappa shape index (κ1) is 19.7. The average molecular weight is 399 g/mol. The van der Waals surface area contributed by atoms with Crippen LogP contribution >= 0.6 is 0 Å². The van der Waals surface area contributed by atoms with Crippen molar-refractivity contribution in [3.63, 3.8) is 0 Å². The Morgan fingerprint density at radius 3 is 2.57 bits per heavy atom. The van der Waals surface area contributed by atoms with Crippen molar-refractivity contribution in [1.82, 2.24) is 5.32 Å². The van der Waals surface area contributed by atoms with Gasteiger partial charge in [-0.3, -0.25) is 4.79 Å². The van der Waals surface area contributed by atoms with Crippen molar-refractivity contribution in [2.75, 3.05) is 16.8 Å². The zero-order chi connectivity index (χ0) is 21.1. The number of anilines is 2. The third-order valence-electron chi connectivity index (χ3n) is 5.50. The predicted molar refractivity (Wildman–Crippen MR) is 120 cm³/mol. The predicted octanol–water partition coefficient (Wildman–Crippen LogP) is 5.08. The number of urea groups is 1. The van der Waals surface area contributed by atoms with Gasteiger partial charge in [-0.25, -0.2) is 4.79 Å². The molecular formula is C25H25N3O2. The number of hydrogen-bond acceptors (Lipinski definition) is 2. The summed E-state index contributed by atoms with van der Waals surface area (Å²) in [5.74, 6) is -0.0581. The number of carbonyl (C=O) groups is 2. The van der Waals surface area contributed by atoms with E-state index in [1.54, 1.807) is 29.2 Å². The molecule has 5 heteroatoms. The molecule has 0 saturated carbocycles. The second-order valence-corrected chi connectivity index (χ2v) is 7.59. The summed E-state index contributed by atoms with van der Waals surface area (Å²) in [6.45, 7) is 4.65.